The molecule has 2 unspecified atom stereocenters. The van der Waals surface area contributed by atoms with Gasteiger partial charge < -0.3 is 11.1 Å². The smallest absolute Gasteiger partial charge is 0.0108 e. The molecule has 1 heterocycles. The molecule has 0 aromatic carbocycles. The quantitative estimate of drug-likeness (QED) is 0.482. The maximum atomic E-state index is 5.88. The molecule has 0 aromatic rings. The molecule has 52 valence electrons. The van der Waals surface area contributed by atoms with Crippen LogP contribution in [0.25, 0.3) is 0 Å². The van der Waals surface area contributed by atoms with E-state index in [0.717, 1.165) is 0 Å². The SMILES string of the molecule is NC1CCC12CCNC2. The molecular formula is C7H14N2. The predicted molar refractivity (Wildman–Crippen MR) is 37.1 cm³/mol. The van der Waals surface area contributed by atoms with Crippen LogP contribution < -0.4 is 11.1 Å². The summed E-state index contributed by atoms with van der Waals surface area (Å²) in [4.78, 5) is 0. The molecule has 2 aliphatic rings. The minimum atomic E-state index is 0.507. The van der Waals surface area contributed by atoms with E-state index in [0.29, 0.717) is 11.5 Å². The molecule has 0 amide bonds. The number of hydrogen-bond acceptors (Lipinski definition) is 2. The first kappa shape index (κ1) is 5.69. The van der Waals surface area contributed by atoms with Crippen LogP contribution in [0, 0.1) is 5.41 Å². The molecule has 1 saturated carbocycles. The topological polar surface area (TPSA) is 38.0 Å². The van der Waals surface area contributed by atoms with Crippen molar-refractivity contribution in [1.82, 2.24) is 5.32 Å². The van der Waals surface area contributed by atoms with Crippen molar-refractivity contribution in [3.8, 4) is 0 Å². The lowest BCUT2D eigenvalue weighted by Crippen LogP contribution is -2.51. The molecule has 9 heavy (non-hydrogen) atoms. The van der Waals surface area contributed by atoms with Gasteiger partial charge in [0.25, 0.3) is 0 Å². The van der Waals surface area contributed by atoms with E-state index < -0.39 is 0 Å². The second-order valence-corrected chi connectivity index (χ2v) is 3.43. The maximum Gasteiger partial charge on any atom is 0.0108 e. The van der Waals surface area contributed by atoms with Gasteiger partial charge in [0.2, 0.25) is 0 Å². The van der Waals surface area contributed by atoms with Crippen LogP contribution in [0.5, 0.6) is 0 Å². The Bertz CT molecular complexity index is 116. The van der Waals surface area contributed by atoms with Gasteiger partial charge in [-0.05, 0) is 31.2 Å². The first-order valence-corrected chi connectivity index (χ1v) is 3.80. The van der Waals surface area contributed by atoms with Gasteiger partial charge in [0, 0.05) is 12.6 Å². The van der Waals surface area contributed by atoms with E-state index >= 15 is 0 Å². The van der Waals surface area contributed by atoms with Gasteiger partial charge in [0.15, 0.2) is 0 Å². The van der Waals surface area contributed by atoms with Gasteiger partial charge in [-0.25, -0.2) is 0 Å². The first-order valence-electron chi connectivity index (χ1n) is 3.80. The second-order valence-electron chi connectivity index (χ2n) is 3.43. The fourth-order valence-electron chi connectivity index (χ4n) is 2.01. The van der Waals surface area contributed by atoms with Gasteiger partial charge in [-0.1, -0.05) is 0 Å². The van der Waals surface area contributed by atoms with E-state index in [2.05, 4.69) is 5.32 Å². The third-order valence-corrected chi connectivity index (χ3v) is 3.02. The Morgan fingerprint density at radius 2 is 2.33 bits per heavy atom. The molecule has 0 bridgehead atoms. The molecule has 2 fully saturated rings. The van der Waals surface area contributed by atoms with Gasteiger partial charge in [-0.2, -0.15) is 0 Å². The molecule has 2 nitrogen and oxygen atoms in total. The van der Waals surface area contributed by atoms with Crippen LogP contribution in [-0.2, 0) is 0 Å². The zero-order chi connectivity index (χ0) is 6.32. The summed E-state index contributed by atoms with van der Waals surface area (Å²) in [6.07, 6.45) is 3.93. The van der Waals surface area contributed by atoms with Crippen LogP contribution in [0.3, 0.4) is 0 Å². The lowest BCUT2D eigenvalue weighted by atomic mass is 9.64. The number of hydrogen-bond donors (Lipinski definition) is 2. The Balaban J connectivity index is 2.06. The fraction of sp³-hybridized carbons (Fsp3) is 1.00. The van der Waals surface area contributed by atoms with Gasteiger partial charge in [-0.3, -0.25) is 0 Å². The Morgan fingerprint density at radius 1 is 1.44 bits per heavy atom. The minimum Gasteiger partial charge on any atom is -0.327 e. The lowest BCUT2D eigenvalue weighted by Gasteiger charge is -2.44. The maximum absolute atomic E-state index is 5.88. The summed E-state index contributed by atoms with van der Waals surface area (Å²) < 4.78 is 0. The monoisotopic (exact) mass is 126 g/mol. The van der Waals surface area contributed by atoms with Gasteiger partial charge in [0.05, 0.1) is 0 Å². The van der Waals surface area contributed by atoms with Crippen LogP contribution in [-0.4, -0.2) is 19.1 Å². The van der Waals surface area contributed by atoms with Crippen LogP contribution in [0.2, 0.25) is 0 Å². The second kappa shape index (κ2) is 1.70. The predicted octanol–water partition coefficient (Wildman–Crippen LogP) is 0.0872. The summed E-state index contributed by atoms with van der Waals surface area (Å²) in [7, 11) is 0. The van der Waals surface area contributed by atoms with E-state index in [4.69, 9.17) is 5.73 Å². The molecule has 2 heteroatoms. The molecule has 2 rings (SSSR count). The third kappa shape index (κ3) is 0.634. The van der Waals surface area contributed by atoms with Gasteiger partial charge >= 0.3 is 0 Å². The van der Waals surface area contributed by atoms with Gasteiger partial charge in [-0.15, -0.1) is 0 Å². The summed E-state index contributed by atoms with van der Waals surface area (Å²) in [5, 5.41) is 3.37. The largest absolute Gasteiger partial charge is 0.327 e. The van der Waals surface area contributed by atoms with Crippen molar-refractivity contribution >= 4 is 0 Å². The first-order chi connectivity index (χ1) is 4.33. The summed E-state index contributed by atoms with van der Waals surface area (Å²) in [6.45, 7) is 2.36. The Morgan fingerprint density at radius 3 is 2.56 bits per heavy atom. The average molecular weight is 126 g/mol. The summed E-state index contributed by atoms with van der Waals surface area (Å²) in [5.41, 5.74) is 6.42. The van der Waals surface area contributed by atoms with Gasteiger partial charge in [0.1, 0.15) is 0 Å². The summed E-state index contributed by atoms with van der Waals surface area (Å²) in [5.74, 6) is 0. The fourth-order valence-corrected chi connectivity index (χ4v) is 2.01. The number of nitrogens with two attached hydrogens (primary N) is 1. The van der Waals surface area contributed by atoms with E-state index in [9.17, 15) is 0 Å². The van der Waals surface area contributed by atoms with E-state index in [1.54, 1.807) is 0 Å². The van der Waals surface area contributed by atoms with Crippen molar-refractivity contribution in [2.75, 3.05) is 13.1 Å². The lowest BCUT2D eigenvalue weighted by molar-refractivity contribution is 0.119. The van der Waals surface area contributed by atoms with E-state index in [1.165, 1.54) is 32.4 Å². The molecule has 1 saturated heterocycles. The minimum absolute atomic E-state index is 0.507. The molecule has 0 aromatic heterocycles. The highest BCUT2D eigenvalue weighted by molar-refractivity contribution is 5.03. The molecule has 1 aliphatic heterocycles. The van der Waals surface area contributed by atoms with E-state index in [1.807, 2.05) is 0 Å². The highest BCUT2D eigenvalue weighted by Crippen LogP contribution is 2.44. The molecular weight excluding hydrogens is 112 g/mol. The van der Waals surface area contributed by atoms with Crippen LogP contribution in [0.15, 0.2) is 0 Å². The molecule has 1 spiro atoms. The van der Waals surface area contributed by atoms with Crippen LogP contribution >= 0.6 is 0 Å². The standard InChI is InChI=1S/C7H14N2/c8-6-1-2-7(6)3-4-9-5-7/h6,9H,1-5,8H2. The van der Waals surface area contributed by atoms with Crippen molar-refractivity contribution in [2.45, 2.75) is 25.3 Å². The normalized spacial score (nSPS) is 49.7. The zero-order valence-electron chi connectivity index (χ0n) is 5.69. The van der Waals surface area contributed by atoms with Crippen LogP contribution in [0.1, 0.15) is 19.3 Å². The Labute approximate surface area is 55.8 Å². The number of nitrogens with one attached hydrogen (secondary N) is 1. The molecule has 1 aliphatic carbocycles. The van der Waals surface area contributed by atoms with Crippen molar-refractivity contribution in [3.63, 3.8) is 0 Å². The van der Waals surface area contributed by atoms with Crippen molar-refractivity contribution in [3.05, 3.63) is 0 Å². The number of rotatable bonds is 0. The van der Waals surface area contributed by atoms with E-state index in [-0.39, 0.29) is 0 Å². The average Bonchev–Trinajstić information content (AvgIpc) is 2.34. The highest BCUT2D eigenvalue weighted by Gasteiger charge is 2.46. The molecule has 3 N–H and O–H groups in total. The van der Waals surface area contributed by atoms with Crippen molar-refractivity contribution in [1.29, 1.82) is 0 Å². The van der Waals surface area contributed by atoms with Crippen molar-refractivity contribution in [2.24, 2.45) is 11.1 Å². The summed E-state index contributed by atoms with van der Waals surface area (Å²) in [6, 6.07) is 0.507. The molecule has 2 atom stereocenters. The van der Waals surface area contributed by atoms with Crippen LogP contribution in [0.4, 0.5) is 0 Å². The Hall–Kier alpha value is -0.0800. The molecule has 0 radical (unpaired) electrons. The summed E-state index contributed by atoms with van der Waals surface area (Å²) >= 11 is 0. The zero-order valence-corrected chi connectivity index (χ0v) is 5.69. The van der Waals surface area contributed by atoms with Crippen molar-refractivity contribution < 1.29 is 0 Å². The highest BCUT2D eigenvalue weighted by atomic mass is 15.0. The Kier molecular flexibility index (Phi) is 1.08. The third-order valence-electron chi connectivity index (χ3n) is 3.02.